The first-order chi connectivity index (χ1) is 11.0. The molecule has 0 unspecified atom stereocenters. The Kier molecular flexibility index (Phi) is 7.65. The average molecular weight is 321 g/mol. The Bertz CT molecular complexity index is 537. The molecule has 0 saturated heterocycles. The summed E-state index contributed by atoms with van der Waals surface area (Å²) < 4.78 is 0. The van der Waals surface area contributed by atoms with Gasteiger partial charge in [0.05, 0.1) is 18.3 Å². The number of azo groups is 1. The fourth-order valence-corrected chi connectivity index (χ4v) is 1.87. The molecule has 0 saturated carbocycles. The zero-order valence-electron chi connectivity index (χ0n) is 13.7. The number of rotatable bonds is 9. The van der Waals surface area contributed by atoms with Crippen LogP contribution in [-0.4, -0.2) is 46.3 Å². The van der Waals surface area contributed by atoms with Gasteiger partial charge in [-0.25, -0.2) is 5.01 Å². The van der Waals surface area contributed by atoms with Crippen LogP contribution in [-0.2, 0) is 9.59 Å². The summed E-state index contributed by atoms with van der Waals surface area (Å²) in [5, 5.41) is 22.8. The number of allylic oxidation sites excluding steroid dienone is 1. The van der Waals surface area contributed by atoms with Crippen molar-refractivity contribution < 1.29 is 14.7 Å². The summed E-state index contributed by atoms with van der Waals surface area (Å²) in [6.45, 7) is 6.62. The maximum Gasteiger partial charge on any atom is 0.305 e. The summed E-state index contributed by atoms with van der Waals surface area (Å²) >= 11 is 0. The lowest BCUT2D eigenvalue weighted by atomic mass is 10.1. The van der Waals surface area contributed by atoms with Crippen LogP contribution in [0, 0.1) is 5.92 Å². The molecule has 0 atom stereocenters. The van der Waals surface area contributed by atoms with Gasteiger partial charge in [-0.05, 0) is 18.4 Å². The number of amides is 1. The second kappa shape index (κ2) is 9.50. The van der Waals surface area contributed by atoms with Crippen LogP contribution in [0.1, 0.15) is 33.6 Å². The lowest BCUT2D eigenvalue weighted by molar-refractivity contribution is -0.137. The Morgan fingerprint density at radius 3 is 2.87 bits per heavy atom. The molecule has 1 aliphatic heterocycles. The summed E-state index contributed by atoms with van der Waals surface area (Å²) in [6, 6.07) is 0. The molecule has 1 rings (SSSR count). The normalized spacial score (nSPS) is 15.2. The maximum atomic E-state index is 11.0. The van der Waals surface area contributed by atoms with Crippen molar-refractivity contribution in [2.45, 2.75) is 33.6 Å². The molecule has 126 valence electrons. The Hall–Kier alpha value is -2.51. The minimum atomic E-state index is -0.952. The van der Waals surface area contributed by atoms with Crippen LogP contribution >= 0.6 is 0 Å². The predicted octanol–water partition coefficient (Wildman–Crippen LogP) is 2.42. The van der Waals surface area contributed by atoms with Crippen LogP contribution in [0.3, 0.4) is 0 Å². The van der Waals surface area contributed by atoms with E-state index >= 15 is 0 Å². The number of nitrogens with zero attached hydrogens (tertiary/aromatic N) is 5. The second-order valence-electron chi connectivity index (χ2n) is 5.25. The molecule has 1 heterocycles. The van der Waals surface area contributed by atoms with Gasteiger partial charge in [0.1, 0.15) is 0 Å². The molecule has 0 fully saturated rings. The number of hydrogen-bond donors (Lipinski definition) is 1. The van der Waals surface area contributed by atoms with E-state index in [2.05, 4.69) is 29.2 Å². The van der Waals surface area contributed by atoms with Gasteiger partial charge in [-0.3, -0.25) is 9.59 Å². The largest absolute Gasteiger partial charge is 0.481 e. The van der Waals surface area contributed by atoms with E-state index in [1.807, 2.05) is 6.92 Å². The number of carboxylic acids is 1. The highest BCUT2D eigenvalue weighted by atomic mass is 16.4. The van der Waals surface area contributed by atoms with Gasteiger partial charge in [0.15, 0.2) is 6.67 Å². The molecular formula is C15H23N5O3. The van der Waals surface area contributed by atoms with Gasteiger partial charge in [-0.1, -0.05) is 20.8 Å². The SMILES string of the molecule is CC/C(=N/N1CN=NC=C1/C=C\N(C=O)CCC(=O)O)C(C)C. The highest BCUT2D eigenvalue weighted by Crippen LogP contribution is 2.15. The molecule has 8 heteroatoms. The zero-order valence-corrected chi connectivity index (χ0v) is 13.7. The van der Waals surface area contributed by atoms with Gasteiger partial charge in [-0.15, -0.1) is 0 Å². The fourth-order valence-electron chi connectivity index (χ4n) is 1.87. The third-order valence-electron chi connectivity index (χ3n) is 3.20. The monoisotopic (exact) mass is 321 g/mol. The summed E-state index contributed by atoms with van der Waals surface area (Å²) in [7, 11) is 0. The smallest absolute Gasteiger partial charge is 0.305 e. The first-order valence-electron chi connectivity index (χ1n) is 7.50. The lowest BCUT2D eigenvalue weighted by Crippen LogP contribution is -2.23. The Labute approximate surface area is 135 Å². The third kappa shape index (κ3) is 6.41. The van der Waals surface area contributed by atoms with Crippen molar-refractivity contribution in [1.29, 1.82) is 0 Å². The molecule has 0 spiro atoms. The summed E-state index contributed by atoms with van der Waals surface area (Å²) in [4.78, 5) is 22.8. The summed E-state index contributed by atoms with van der Waals surface area (Å²) in [6.07, 6.45) is 6.05. The quantitative estimate of drug-likeness (QED) is 0.521. The van der Waals surface area contributed by atoms with Gasteiger partial charge < -0.3 is 10.0 Å². The van der Waals surface area contributed by atoms with Crippen molar-refractivity contribution in [2.75, 3.05) is 13.2 Å². The van der Waals surface area contributed by atoms with E-state index < -0.39 is 5.97 Å². The van der Waals surface area contributed by atoms with Crippen LogP contribution in [0.5, 0.6) is 0 Å². The highest BCUT2D eigenvalue weighted by Gasteiger charge is 2.12. The van der Waals surface area contributed by atoms with Crippen molar-refractivity contribution in [3.63, 3.8) is 0 Å². The molecule has 0 radical (unpaired) electrons. The van der Waals surface area contributed by atoms with Crippen LogP contribution in [0.25, 0.3) is 0 Å². The van der Waals surface area contributed by atoms with Crippen molar-refractivity contribution in [3.8, 4) is 0 Å². The van der Waals surface area contributed by atoms with Gasteiger partial charge in [-0.2, -0.15) is 15.3 Å². The molecule has 1 amide bonds. The standard InChI is InChI=1S/C15H23N5O3/c1-4-14(12(2)3)18-20-10-17-16-9-13(20)5-7-19(11-21)8-6-15(22)23/h5,7,9,11-12H,4,6,8,10H2,1-3H3,(H,22,23)/b7-5-,18-14-. The van der Waals surface area contributed by atoms with Crippen molar-refractivity contribution in [3.05, 3.63) is 24.2 Å². The zero-order chi connectivity index (χ0) is 17.2. The van der Waals surface area contributed by atoms with E-state index in [0.717, 1.165) is 12.1 Å². The van der Waals surface area contributed by atoms with Gasteiger partial charge in [0.25, 0.3) is 0 Å². The lowest BCUT2D eigenvalue weighted by Gasteiger charge is -2.22. The number of carboxylic acid groups (broad SMARTS) is 1. The van der Waals surface area contributed by atoms with E-state index in [9.17, 15) is 9.59 Å². The Balaban J connectivity index is 2.83. The van der Waals surface area contributed by atoms with E-state index in [0.29, 0.717) is 24.7 Å². The third-order valence-corrected chi connectivity index (χ3v) is 3.20. The van der Waals surface area contributed by atoms with Gasteiger partial charge in [0, 0.05) is 18.5 Å². The van der Waals surface area contributed by atoms with E-state index in [4.69, 9.17) is 5.11 Å². The number of hydrazone groups is 1. The molecule has 0 aromatic carbocycles. The first kappa shape index (κ1) is 18.5. The Morgan fingerprint density at radius 1 is 1.57 bits per heavy atom. The predicted molar refractivity (Wildman–Crippen MR) is 86.4 cm³/mol. The van der Waals surface area contributed by atoms with Crippen LogP contribution in [0.4, 0.5) is 0 Å². The first-order valence-corrected chi connectivity index (χ1v) is 7.50. The molecule has 1 N–H and O–H groups in total. The average Bonchev–Trinajstić information content (AvgIpc) is 2.53. The van der Waals surface area contributed by atoms with E-state index in [1.165, 1.54) is 11.1 Å². The molecule has 1 aliphatic rings. The maximum absolute atomic E-state index is 11.0. The minimum absolute atomic E-state index is 0.111. The van der Waals surface area contributed by atoms with E-state index in [-0.39, 0.29) is 13.0 Å². The van der Waals surface area contributed by atoms with Crippen molar-refractivity contribution in [1.82, 2.24) is 9.91 Å². The number of aliphatic carboxylic acids is 1. The topological polar surface area (TPSA) is 97.9 Å². The molecule has 0 aliphatic carbocycles. The summed E-state index contributed by atoms with van der Waals surface area (Å²) in [5.74, 6) is -0.627. The fraction of sp³-hybridized carbons (Fsp3) is 0.533. The number of carbonyl (C=O) groups is 2. The molecule has 0 aromatic heterocycles. The van der Waals surface area contributed by atoms with Crippen molar-refractivity contribution in [2.24, 2.45) is 21.2 Å². The molecule has 23 heavy (non-hydrogen) atoms. The van der Waals surface area contributed by atoms with Crippen LogP contribution in [0.15, 0.2) is 39.5 Å². The molecular weight excluding hydrogens is 298 g/mol. The highest BCUT2D eigenvalue weighted by molar-refractivity contribution is 5.85. The van der Waals surface area contributed by atoms with Gasteiger partial charge in [0.2, 0.25) is 6.41 Å². The Morgan fingerprint density at radius 2 is 2.30 bits per heavy atom. The number of hydrogen-bond acceptors (Lipinski definition) is 6. The van der Waals surface area contributed by atoms with Gasteiger partial charge >= 0.3 is 5.97 Å². The number of carbonyl (C=O) groups excluding carboxylic acids is 1. The molecule has 0 aromatic rings. The molecule has 0 bridgehead atoms. The molecule has 8 nitrogen and oxygen atoms in total. The second-order valence-corrected chi connectivity index (χ2v) is 5.25. The minimum Gasteiger partial charge on any atom is -0.481 e. The summed E-state index contributed by atoms with van der Waals surface area (Å²) in [5.41, 5.74) is 1.73. The van der Waals surface area contributed by atoms with Crippen LogP contribution in [0.2, 0.25) is 0 Å². The van der Waals surface area contributed by atoms with E-state index in [1.54, 1.807) is 17.3 Å². The van der Waals surface area contributed by atoms with Crippen LogP contribution < -0.4 is 0 Å². The van der Waals surface area contributed by atoms with Crippen molar-refractivity contribution >= 4 is 18.1 Å².